The second kappa shape index (κ2) is 5.46. The van der Waals surface area contributed by atoms with E-state index in [0.717, 1.165) is 0 Å². The van der Waals surface area contributed by atoms with Gasteiger partial charge in [0.2, 0.25) is 0 Å². The zero-order chi connectivity index (χ0) is 14.6. The summed E-state index contributed by atoms with van der Waals surface area (Å²) in [5.41, 5.74) is 4.68. The van der Waals surface area contributed by atoms with Crippen molar-refractivity contribution in [1.29, 1.82) is 0 Å². The number of primary amides is 1. The fourth-order valence-electron chi connectivity index (χ4n) is 1.10. The Morgan fingerprint density at radius 2 is 1.95 bits per heavy atom. The summed E-state index contributed by atoms with van der Waals surface area (Å²) in [5.74, 6) is -2.32. The Kier molecular flexibility index (Phi) is 4.20. The molecule has 0 unspecified atom stereocenters. The van der Waals surface area contributed by atoms with Crippen molar-refractivity contribution < 1.29 is 32.3 Å². The molecule has 0 saturated heterocycles. The Bertz CT molecular complexity index is 490. The lowest BCUT2D eigenvalue weighted by atomic mass is 10.3. The number of hydrogen-bond acceptors (Lipinski definition) is 4. The summed E-state index contributed by atoms with van der Waals surface area (Å²) in [6, 6.07) is 3.87. The van der Waals surface area contributed by atoms with Crippen LogP contribution in [0.5, 0.6) is 5.75 Å². The monoisotopic (exact) mass is 278 g/mol. The first-order valence-electron chi connectivity index (χ1n) is 4.78. The van der Waals surface area contributed by atoms with E-state index in [-0.39, 0.29) is 16.5 Å². The molecule has 0 fully saturated rings. The maximum absolute atomic E-state index is 12.1. The van der Waals surface area contributed by atoms with E-state index in [1.165, 1.54) is 31.4 Å². The number of hydrogen-bond donors (Lipinski definition) is 1. The number of benzene rings is 1. The summed E-state index contributed by atoms with van der Waals surface area (Å²) in [6.45, 7) is 0. The highest BCUT2D eigenvalue weighted by Gasteiger charge is 2.43. The van der Waals surface area contributed by atoms with Crippen LogP contribution in [0.15, 0.2) is 24.3 Å². The smallest absolute Gasteiger partial charge is 0.493 e. The number of hydroxylamine groups is 1. The predicted molar refractivity (Wildman–Crippen MR) is 57.2 cm³/mol. The molecule has 0 aliphatic heterocycles. The van der Waals surface area contributed by atoms with Crippen molar-refractivity contribution in [2.75, 3.05) is 12.2 Å². The van der Waals surface area contributed by atoms with Gasteiger partial charge >= 0.3 is 18.2 Å². The van der Waals surface area contributed by atoms with E-state index in [9.17, 15) is 22.8 Å². The zero-order valence-electron chi connectivity index (χ0n) is 9.60. The van der Waals surface area contributed by atoms with Gasteiger partial charge in [0.05, 0.1) is 12.8 Å². The number of halogens is 3. The number of alkyl halides is 3. The zero-order valence-corrected chi connectivity index (χ0v) is 9.60. The molecule has 1 rings (SSSR count). The van der Waals surface area contributed by atoms with Gasteiger partial charge in [-0.15, -0.1) is 5.06 Å². The topological polar surface area (TPSA) is 81.9 Å². The van der Waals surface area contributed by atoms with Crippen molar-refractivity contribution in [3.05, 3.63) is 24.3 Å². The second-order valence-corrected chi connectivity index (χ2v) is 3.21. The van der Waals surface area contributed by atoms with Gasteiger partial charge in [-0.05, 0) is 12.1 Å². The number of nitrogens with zero attached hydrogens (tertiary/aromatic N) is 1. The first kappa shape index (κ1) is 14.6. The van der Waals surface area contributed by atoms with Crippen LogP contribution in [0.3, 0.4) is 0 Å². The van der Waals surface area contributed by atoms with Crippen molar-refractivity contribution in [3.63, 3.8) is 0 Å². The molecule has 0 radical (unpaired) electrons. The molecule has 2 amide bonds. The Morgan fingerprint density at radius 3 is 2.42 bits per heavy atom. The minimum absolute atomic E-state index is 0.0261. The normalized spacial score (nSPS) is 10.7. The highest BCUT2D eigenvalue weighted by molar-refractivity contribution is 5.91. The van der Waals surface area contributed by atoms with Crippen LogP contribution < -0.4 is 15.5 Å². The largest absolute Gasteiger partial charge is 0.497 e. The molecule has 1 aromatic rings. The van der Waals surface area contributed by atoms with Gasteiger partial charge in [-0.25, -0.2) is 9.59 Å². The fraction of sp³-hybridized carbons (Fsp3) is 0.200. The number of carbonyl (C=O) groups excluding carboxylic acids is 2. The predicted octanol–water partition coefficient (Wildman–Crippen LogP) is 1.60. The third kappa shape index (κ3) is 3.76. The van der Waals surface area contributed by atoms with E-state index in [0.29, 0.717) is 0 Å². The van der Waals surface area contributed by atoms with Gasteiger partial charge in [0, 0.05) is 6.07 Å². The molecule has 2 N–H and O–H groups in total. The van der Waals surface area contributed by atoms with Gasteiger partial charge in [0.1, 0.15) is 5.75 Å². The van der Waals surface area contributed by atoms with E-state index in [1.807, 2.05) is 0 Å². The van der Waals surface area contributed by atoms with Crippen LogP contribution in [0, 0.1) is 0 Å². The molecule has 104 valence electrons. The summed E-state index contributed by atoms with van der Waals surface area (Å²) in [4.78, 5) is 25.6. The first-order valence-corrected chi connectivity index (χ1v) is 4.78. The number of carbonyl (C=O) groups is 2. The van der Waals surface area contributed by atoms with E-state index >= 15 is 0 Å². The van der Waals surface area contributed by atoms with Crippen molar-refractivity contribution in [1.82, 2.24) is 0 Å². The Labute approximate surface area is 105 Å². The van der Waals surface area contributed by atoms with Crippen molar-refractivity contribution in [2.24, 2.45) is 5.73 Å². The minimum Gasteiger partial charge on any atom is -0.497 e. The van der Waals surface area contributed by atoms with Gasteiger partial charge in [-0.2, -0.15) is 13.2 Å². The third-order valence-electron chi connectivity index (χ3n) is 1.89. The lowest BCUT2D eigenvalue weighted by Gasteiger charge is -2.19. The molecule has 0 atom stereocenters. The number of methoxy groups -OCH3 is 1. The lowest BCUT2D eigenvalue weighted by Crippen LogP contribution is -2.41. The van der Waals surface area contributed by atoms with E-state index in [2.05, 4.69) is 4.84 Å². The van der Waals surface area contributed by atoms with Gasteiger partial charge in [-0.3, -0.25) is 0 Å². The van der Waals surface area contributed by atoms with Crippen molar-refractivity contribution in [2.45, 2.75) is 6.18 Å². The second-order valence-electron chi connectivity index (χ2n) is 3.21. The number of nitrogens with two attached hydrogens (primary N) is 1. The molecule has 0 aliphatic rings. The van der Waals surface area contributed by atoms with E-state index < -0.39 is 18.2 Å². The van der Waals surface area contributed by atoms with Crippen LogP contribution in [0.1, 0.15) is 0 Å². The molecule has 9 heteroatoms. The molecule has 0 saturated carbocycles. The summed E-state index contributed by atoms with van der Waals surface area (Å²) < 4.78 is 41.0. The number of anilines is 1. The lowest BCUT2D eigenvalue weighted by molar-refractivity contribution is -0.199. The molecular formula is C10H9F3N2O4. The standard InChI is InChI=1S/C10H9F3N2O4/c1-18-7-4-2-3-6(5-7)15(9(14)17)19-8(16)10(11,12)13/h2-5H,1H3,(H2,14,17). The van der Waals surface area contributed by atoms with Crippen LogP contribution in [-0.4, -0.2) is 25.3 Å². The van der Waals surface area contributed by atoms with Gasteiger partial charge in [0.15, 0.2) is 0 Å². The quantitative estimate of drug-likeness (QED) is 0.833. The van der Waals surface area contributed by atoms with Crippen LogP contribution in [0.2, 0.25) is 0 Å². The molecule has 0 spiro atoms. The van der Waals surface area contributed by atoms with Crippen LogP contribution in [0.4, 0.5) is 23.7 Å². The van der Waals surface area contributed by atoms with Crippen molar-refractivity contribution in [3.8, 4) is 5.75 Å². The molecular weight excluding hydrogens is 269 g/mol. The molecule has 0 heterocycles. The molecule has 0 aromatic heterocycles. The maximum Gasteiger partial charge on any atom is 0.493 e. The minimum atomic E-state index is -5.24. The Hall–Kier alpha value is -2.45. The van der Waals surface area contributed by atoms with Crippen LogP contribution >= 0.6 is 0 Å². The van der Waals surface area contributed by atoms with E-state index in [1.54, 1.807) is 0 Å². The summed E-state index contributed by atoms with van der Waals surface area (Å²) in [5, 5.41) is 0.0261. The molecule has 1 aromatic carbocycles. The average molecular weight is 278 g/mol. The number of amides is 2. The molecule has 0 bridgehead atoms. The fourth-order valence-corrected chi connectivity index (χ4v) is 1.10. The molecule has 6 nitrogen and oxygen atoms in total. The van der Waals surface area contributed by atoms with E-state index in [4.69, 9.17) is 10.5 Å². The summed E-state index contributed by atoms with van der Waals surface area (Å²) in [7, 11) is 1.31. The maximum atomic E-state index is 12.1. The number of urea groups is 1. The first-order chi connectivity index (χ1) is 8.75. The highest BCUT2D eigenvalue weighted by Crippen LogP contribution is 2.24. The van der Waals surface area contributed by atoms with Crippen LogP contribution in [0.25, 0.3) is 0 Å². The highest BCUT2D eigenvalue weighted by atomic mass is 19.4. The Balaban J connectivity index is 3.01. The number of rotatable bonds is 2. The summed E-state index contributed by atoms with van der Waals surface area (Å²) >= 11 is 0. The third-order valence-corrected chi connectivity index (χ3v) is 1.89. The van der Waals surface area contributed by atoms with Gasteiger partial charge in [-0.1, -0.05) is 6.07 Å². The molecule has 19 heavy (non-hydrogen) atoms. The average Bonchev–Trinajstić information content (AvgIpc) is 2.34. The van der Waals surface area contributed by atoms with Crippen molar-refractivity contribution >= 4 is 17.7 Å². The molecule has 0 aliphatic carbocycles. The number of ether oxygens (including phenoxy) is 1. The van der Waals surface area contributed by atoms with Crippen LogP contribution in [-0.2, 0) is 9.63 Å². The van der Waals surface area contributed by atoms with Gasteiger partial charge < -0.3 is 15.3 Å². The van der Waals surface area contributed by atoms with Gasteiger partial charge in [0.25, 0.3) is 0 Å². The summed E-state index contributed by atoms with van der Waals surface area (Å²) in [6.07, 6.45) is -5.24. The SMILES string of the molecule is COc1cccc(N(OC(=O)C(F)(F)F)C(N)=O)c1. The Morgan fingerprint density at radius 1 is 1.32 bits per heavy atom.